The molecule has 22 heavy (non-hydrogen) atoms. The van der Waals surface area contributed by atoms with Crippen molar-refractivity contribution in [2.24, 2.45) is 11.8 Å². The van der Waals surface area contributed by atoms with E-state index >= 15 is 0 Å². The van der Waals surface area contributed by atoms with Crippen LogP contribution in [0.4, 0.5) is 0 Å². The molecule has 1 saturated heterocycles. The smallest absolute Gasteiger partial charge is 0.235 e. The highest BCUT2D eigenvalue weighted by Crippen LogP contribution is 2.50. The fourth-order valence-corrected chi connectivity index (χ4v) is 4.90. The second-order valence-corrected chi connectivity index (χ2v) is 7.14. The Hall–Kier alpha value is -1.45. The van der Waals surface area contributed by atoms with Crippen molar-refractivity contribution in [1.29, 1.82) is 0 Å². The Labute approximate surface area is 135 Å². The van der Waals surface area contributed by atoms with E-state index in [4.69, 9.17) is 0 Å². The summed E-state index contributed by atoms with van der Waals surface area (Å²) < 4.78 is 3.89. The molecule has 0 radical (unpaired) electrons. The molecule has 3 heterocycles. The minimum absolute atomic E-state index is 0.0485. The lowest BCUT2D eigenvalue weighted by atomic mass is 9.79. The zero-order valence-corrected chi connectivity index (χ0v) is 13.6. The van der Waals surface area contributed by atoms with Crippen LogP contribution in [0, 0.1) is 11.8 Å². The number of aliphatic carboxylic acids is 1. The summed E-state index contributed by atoms with van der Waals surface area (Å²) in [5, 5.41) is 25.9. The molecule has 9 heteroatoms. The number of nitrogens with zero attached hydrogens (tertiary/aromatic N) is 2. The number of carbonyl (C=O) groups excluding carboxylic acids is 2. The summed E-state index contributed by atoms with van der Waals surface area (Å²) in [5.41, 5.74) is 0.840. The molecule has 118 valence electrons. The summed E-state index contributed by atoms with van der Waals surface area (Å²) in [6, 6.07) is -0.299. The summed E-state index contributed by atoms with van der Waals surface area (Å²) in [6.45, 7) is 3.44. The molecule has 2 aliphatic heterocycles. The molecule has 4 atom stereocenters. The number of aromatic nitrogens is 2. The van der Waals surface area contributed by atoms with Crippen molar-refractivity contribution in [2.75, 3.05) is 0 Å². The van der Waals surface area contributed by atoms with Gasteiger partial charge in [-0.3, -0.25) is 4.79 Å². The highest BCUT2D eigenvalue weighted by atomic mass is 32.2. The van der Waals surface area contributed by atoms with Gasteiger partial charge in [0.15, 0.2) is 0 Å². The van der Waals surface area contributed by atoms with Crippen LogP contribution in [0.2, 0.25) is 0 Å². The molecule has 0 unspecified atom stereocenters. The van der Waals surface area contributed by atoms with Crippen LogP contribution in [0.1, 0.15) is 19.5 Å². The Morgan fingerprint density at radius 3 is 2.95 bits per heavy atom. The molecule has 0 aromatic carbocycles. The van der Waals surface area contributed by atoms with E-state index in [9.17, 15) is 19.8 Å². The molecule has 0 spiro atoms. The van der Waals surface area contributed by atoms with Crippen LogP contribution >= 0.6 is 23.3 Å². The Kier molecular flexibility index (Phi) is 3.96. The molecular weight excluding hydrogens is 326 g/mol. The maximum atomic E-state index is 12.1. The van der Waals surface area contributed by atoms with Gasteiger partial charge in [0, 0.05) is 22.4 Å². The van der Waals surface area contributed by atoms with E-state index < -0.39 is 18.0 Å². The number of carboxylic acids is 1. The van der Waals surface area contributed by atoms with Crippen LogP contribution in [0.25, 0.3) is 0 Å². The van der Waals surface area contributed by atoms with Crippen LogP contribution in [0.3, 0.4) is 0 Å². The fourth-order valence-electron chi connectivity index (χ4n) is 3.13. The lowest BCUT2D eigenvalue weighted by molar-refractivity contribution is -0.452. The van der Waals surface area contributed by atoms with Crippen molar-refractivity contribution >= 4 is 35.2 Å². The average molecular weight is 341 g/mol. The van der Waals surface area contributed by atoms with Crippen LogP contribution in [-0.4, -0.2) is 38.5 Å². The molecule has 0 saturated carbocycles. The second-order valence-electron chi connectivity index (χ2n) is 5.49. The lowest BCUT2D eigenvalue weighted by Gasteiger charge is -2.47. The Balaban J connectivity index is 1.87. The molecule has 1 fully saturated rings. The van der Waals surface area contributed by atoms with Gasteiger partial charge in [-0.15, -0.1) is 11.8 Å². The summed E-state index contributed by atoms with van der Waals surface area (Å²) in [6.07, 6.45) is -0.794. The number of aromatic amines is 1. The Bertz CT molecular complexity index is 644. The minimum Gasteiger partial charge on any atom is -0.543 e. The van der Waals surface area contributed by atoms with Gasteiger partial charge in [0.05, 0.1) is 45.4 Å². The van der Waals surface area contributed by atoms with Crippen LogP contribution in [0.5, 0.6) is 0 Å². The molecule has 0 aliphatic carbocycles. The molecule has 3 rings (SSSR count). The lowest BCUT2D eigenvalue weighted by Crippen LogP contribution is -2.64. The van der Waals surface area contributed by atoms with Gasteiger partial charge in [-0.05, 0) is 6.92 Å². The van der Waals surface area contributed by atoms with Crippen molar-refractivity contribution in [2.45, 2.75) is 31.7 Å². The third-order valence-electron chi connectivity index (χ3n) is 4.12. The van der Waals surface area contributed by atoms with Crippen molar-refractivity contribution in [3.8, 4) is 0 Å². The molecule has 2 aliphatic rings. The highest BCUT2D eigenvalue weighted by Gasteiger charge is 2.58. The van der Waals surface area contributed by atoms with Gasteiger partial charge >= 0.3 is 0 Å². The maximum Gasteiger partial charge on any atom is 0.235 e. The molecule has 2 N–H and O–H groups in total. The quantitative estimate of drug-likeness (QED) is 0.689. The molecule has 7 nitrogen and oxygen atoms in total. The van der Waals surface area contributed by atoms with Crippen molar-refractivity contribution in [1.82, 2.24) is 9.39 Å². The predicted molar refractivity (Wildman–Crippen MR) is 77.0 cm³/mol. The number of aliphatic hydroxyl groups excluding tert-OH is 1. The zero-order valence-electron chi connectivity index (χ0n) is 12.0. The number of thioether (sulfide) groups is 1. The number of hydrogen-bond acceptors (Lipinski definition) is 7. The molecule has 0 bridgehead atoms. The van der Waals surface area contributed by atoms with Crippen LogP contribution in [0.15, 0.2) is 16.0 Å². The van der Waals surface area contributed by atoms with E-state index in [1.165, 1.54) is 28.2 Å². The topological polar surface area (TPSA) is 108 Å². The van der Waals surface area contributed by atoms with E-state index in [2.05, 4.69) is 9.59 Å². The standard InChI is InChI=1S/C13H15N3O4S2/c1-5-9-8(6(2)17)12(18)16(9)10(13(19)20)11(5)21-3-7-4-22-15-14-7/h4-6,8-9,17H,3H2,1-2H3,(H,19,20)/t5-,6-,8-,9-/m1/s1. The summed E-state index contributed by atoms with van der Waals surface area (Å²) in [5.74, 6) is -1.83. The van der Waals surface area contributed by atoms with Gasteiger partial charge in [0.2, 0.25) is 11.6 Å². The SMILES string of the molecule is C[C@@H](O)[C@H]1C(=O)N2C(C(=O)[O-])=C(SCc3csn[nH+]3)[C@H](C)[C@H]12. The number of carbonyl (C=O) groups is 2. The Morgan fingerprint density at radius 1 is 1.68 bits per heavy atom. The van der Waals surface area contributed by atoms with Gasteiger partial charge in [-0.2, -0.15) is 0 Å². The van der Waals surface area contributed by atoms with Gasteiger partial charge in [0.25, 0.3) is 0 Å². The first-order valence-electron chi connectivity index (χ1n) is 6.83. The maximum absolute atomic E-state index is 12.1. The van der Waals surface area contributed by atoms with E-state index in [0.29, 0.717) is 10.7 Å². The number of rotatable bonds is 5. The number of fused-ring (bicyclic) bond motifs is 1. The average Bonchev–Trinajstić information content (AvgIpc) is 3.02. The number of β-lactam (4-membered cyclic amide) rings is 1. The number of hydrogen-bond donors (Lipinski definition) is 1. The monoisotopic (exact) mass is 341 g/mol. The van der Waals surface area contributed by atoms with Gasteiger partial charge in [-0.25, -0.2) is 0 Å². The summed E-state index contributed by atoms with van der Waals surface area (Å²) >= 11 is 2.66. The normalized spacial score (nSPS) is 28.6. The number of nitrogens with one attached hydrogen (secondary N) is 1. The summed E-state index contributed by atoms with van der Waals surface area (Å²) in [4.78, 5) is 25.5. The first-order valence-corrected chi connectivity index (χ1v) is 8.66. The van der Waals surface area contributed by atoms with Crippen LogP contribution < -0.4 is 10.2 Å². The molecular formula is C13H15N3O4S2. The van der Waals surface area contributed by atoms with Crippen molar-refractivity contribution < 1.29 is 24.9 Å². The van der Waals surface area contributed by atoms with Gasteiger partial charge in [0.1, 0.15) is 0 Å². The minimum atomic E-state index is -1.35. The Morgan fingerprint density at radius 2 is 2.41 bits per heavy atom. The summed E-state index contributed by atoms with van der Waals surface area (Å²) in [7, 11) is 0. The number of aliphatic hydroxyl groups is 1. The molecule has 1 aromatic rings. The van der Waals surface area contributed by atoms with E-state index in [1.54, 1.807) is 6.92 Å². The fraction of sp³-hybridized carbons (Fsp3) is 0.538. The van der Waals surface area contributed by atoms with Gasteiger partial charge < -0.3 is 19.9 Å². The third kappa shape index (κ3) is 2.24. The van der Waals surface area contributed by atoms with Crippen molar-refractivity contribution in [3.63, 3.8) is 0 Å². The number of H-pyrrole nitrogens is 1. The first-order chi connectivity index (χ1) is 10.4. The zero-order chi connectivity index (χ0) is 16.0. The first kappa shape index (κ1) is 15.4. The highest BCUT2D eigenvalue weighted by molar-refractivity contribution is 8.02. The third-order valence-corrected chi connectivity index (χ3v) is 6.04. The number of amides is 1. The van der Waals surface area contributed by atoms with Crippen molar-refractivity contribution in [3.05, 3.63) is 21.7 Å². The number of carboxylic acid groups (broad SMARTS) is 1. The van der Waals surface area contributed by atoms with E-state index in [1.807, 2.05) is 12.3 Å². The predicted octanol–water partition coefficient (Wildman–Crippen LogP) is -0.991. The van der Waals surface area contributed by atoms with E-state index in [0.717, 1.165) is 5.69 Å². The largest absolute Gasteiger partial charge is 0.543 e. The molecule has 1 aromatic heterocycles. The molecule has 1 amide bonds. The van der Waals surface area contributed by atoms with Gasteiger partial charge in [-0.1, -0.05) is 12.0 Å². The second kappa shape index (κ2) is 5.64. The van der Waals surface area contributed by atoms with E-state index in [-0.39, 0.29) is 23.6 Å². The van der Waals surface area contributed by atoms with Crippen LogP contribution in [-0.2, 0) is 15.3 Å².